The lowest BCUT2D eigenvalue weighted by Gasteiger charge is -2.04. The Morgan fingerprint density at radius 2 is 2.36 bits per heavy atom. The molecule has 0 atom stereocenters. The summed E-state index contributed by atoms with van der Waals surface area (Å²) in [6.07, 6.45) is 0. The molecule has 3 nitrogen and oxygen atoms in total. The highest BCUT2D eigenvalue weighted by Gasteiger charge is 2.04. The fourth-order valence-corrected chi connectivity index (χ4v) is 1.13. The highest BCUT2D eigenvalue weighted by Crippen LogP contribution is 2.16. The second kappa shape index (κ2) is 4.64. The molecule has 1 aromatic rings. The quantitative estimate of drug-likeness (QED) is 0.702. The van der Waals surface area contributed by atoms with Crippen LogP contribution in [0.15, 0.2) is 18.2 Å². The summed E-state index contributed by atoms with van der Waals surface area (Å²) in [4.78, 5) is 10.6. The van der Waals surface area contributed by atoms with Crippen molar-refractivity contribution in [1.29, 1.82) is 5.26 Å². The van der Waals surface area contributed by atoms with Crippen LogP contribution in [0.5, 0.6) is 0 Å². The molecule has 1 rings (SSSR count). The minimum absolute atomic E-state index is 0.107. The van der Waals surface area contributed by atoms with E-state index in [-0.39, 0.29) is 12.6 Å². The van der Waals surface area contributed by atoms with Gasteiger partial charge in [0.1, 0.15) is 6.61 Å². The van der Waals surface area contributed by atoms with Crippen LogP contribution in [-0.4, -0.2) is 5.97 Å². The number of benzene rings is 1. The van der Waals surface area contributed by atoms with Gasteiger partial charge < -0.3 is 4.74 Å². The molecule has 0 aliphatic rings. The maximum absolute atomic E-state index is 10.6. The highest BCUT2D eigenvalue weighted by molar-refractivity contribution is 6.30. The average molecular weight is 210 g/mol. The van der Waals surface area contributed by atoms with Crippen molar-refractivity contribution in [1.82, 2.24) is 0 Å². The van der Waals surface area contributed by atoms with Crippen LogP contribution in [0.2, 0.25) is 5.02 Å². The summed E-state index contributed by atoms with van der Waals surface area (Å²) >= 11 is 5.70. The van der Waals surface area contributed by atoms with Gasteiger partial charge in [0, 0.05) is 17.5 Å². The average Bonchev–Trinajstić information content (AvgIpc) is 2.15. The van der Waals surface area contributed by atoms with Gasteiger partial charge in [-0.2, -0.15) is 5.26 Å². The molecule has 0 saturated carbocycles. The third-order valence-electron chi connectivity index (χ3n) is 1.62. The van der Waals surface area contributed by atoms with Gasteiger partial charge in [-0.3, -0.25) is 4.79 Å². The number of hydrogen-bond donors (Lipinski definition) is 0. The van der Waals surface area contributed by atoms with Crippen molar-refractivity contribution >= 4 is 17.6 Å². The zero-order chi connectivity index (χ0) is 10.6. The van der Waals surface area contributed by atoms with Crippen LogP contribution in [0.4, 0.5) is 0 Å². The van der Waals surface area contributed by atoms with E-state index in [1.54, 1.807) is 18.2 Å². The van der Waals surface area contributed by atoms with Crippen LogP contribution in [-0.2, 0) is 16.1 Å². The second-order valence-corrected chi connectivity index (χ2v) is 3.13. The molecule has 0 heterocycles. The fraction of sp³-hybridized carbons (Fsp3) is 0.200. The molecular weight excluding hydrogens is 202 g/mol. The Balaban J connectivity index is 2.87. The third-order valence-corrected chi connectivity index (χ3v) is 1.86. The minimum Gasteiger partial charge on any atom is -0.461 e. The molecule has 0 saturated heterocycles. The predicted octanol–water partition coefficient (Wildman–Crippen LogP) is 2.27. The van der Waals surface area contributed by atoms with E-state index in [4.69, 9.17) is 21.6 Å². The Hall–Kier alpha value is -1.53. The smallest absolute Gasteiger partial charge is 0.302 e. The molecule has 0 aromatic heterocycles. The largest absolute Gasteiger partial charge is 0.461 e. The molecule has 0 amide bonds. The molecule has 1 aromatic carbocycles. The number of carbonyl (C=O) groups excluding carboxylic acids is 1. The first-order valence-corrected chi connectivity index (χ1v) is 4.33. The Kier molecular flexibility index (Phi) is 3.49. The maximum Gasteiger partial charge on any atom is 0.302 e. The lowest BCUT2D eigenvalue weighted by atomic mass is 10.1. The summed E-state index contributed by atoms with van der Waals surface area (Å²) in [6.45, 7) is 1.43. The Labute approximate surface area is 86.9 Å². The van der Waals surface area contributed by atoms with E-state index in [0.717, 1.165) is 0 Å². The summed E-state index contributed by atoms with van der Waals surface area (Å²) in [7, 11) is 0. The molecule has 72 valence electrons. The van der Waals surface area contributed by atoms with Crippen molar-refractivity contribution in [2.75, 3.05) is 0 Å². The number of rotatable bonds is 2. The van der Waals surface area contributed by atoms with Crippen molar-refractivity contribution in [3.63, 3.8) is 0 Å². The van der Waals surface area contributed by atoms with Gasteiger partial charge >= 0.3 is 5.97 Å². The first-order valence-electron chi connectivity index (χ1n) is 3.95. The van der Waals surface area contributed by atoms with Crippen molar-refractivity contribution < 1.29 is 9.53 Å². The monoisotopic (exact) mass is 209 g/mol. The van der Waals surface area contributed by atoms with E-state index in [9.17, 15) is 4.79 Å². The van der Waals surface area contributed by atoms with Crippen LogP contribution in [0.3, 0.4) is 0 Å². The van der Waals surface area contributed by atoms with E-state index in [2.05, 4.69) is 0 Å². The SMILES string of the molecule is CC(=O)OCc1ccc(Cl)cc1C#N. The number of nitriles is 1. The Morgan fingerprint density at radius 1 is 1.64 bits per heavy atom. The second-order valence-electron chi connectivity index (χ2n) is 2.69. The highest BCUT2D eigenvalue weighted by atomic mass is 35.5. The standard InChI is InChI=1S/C10H8ClNO2/c1-7(13)14-6-8-2-3-10(11)4-9(8)5-12/h2-4H,6H2,1H3. The van der Waals surface area contributed by atoms with Gasteiger partial charge in [0.05, 0.1) is 11.6 Å². The number of nitrogens with zero attached hydrogens (tertiary/aromatic N) is 1. The number of esters is 1. The lowest BCUT2D eigenvalue weighted by molar-refractivity contribution is -0.142. The van der Waals surface area contributed by atoms with Gasteiger partial charge in [0.2, 0.25) is 0 Å². The van der Waals surface area contributed by atoms with Crippen molar-refractivity contribution in [2.24, 2.45) is 0 Å². The van der Waals surface area contributed by atoms with Gasteiger partial charge in [0.25, 0.3) is 0 Å². The molecule has 0 aliphatic heterocycles. The zero-order valence-corrected chi connectivity index (χ0v) is 8.34. The number of hydrogen-bond acceptors (Lipinski definition) is 3. The van der Waals surface area contributed by atoms with Gasteiger partial charge in [-0.25, -0.2) is 0 Å². The number of ether oxygens (including phenoxy) is 1. The first kappa shape index (κ1) is 10.6. The summed E-state index contributed by atoms with van der Waals surface area (Å²) in [6, 6.07) is 6.85. The molecule has 0 N–H and O–H groups in total. The molecule has 0 unspecified atom stereocenters. The van der Waals surface area contributed by atoms with Crippen molar-refractivity contribution in [3.8, 4) is 6.07 Å². The van der Waals surface area contributed by atoms with E-state index in [0.29, 0.717) is 16.1 Å². The number of carbonyl (C=O) groups is 1. The van der Waals surface area contributed by atoms with Gasteiger partial charge in [-0.05, 0) is 12.1 Å². The Morgan fingerprint density at radius 3 is 2.93 bits per heavy atom. The normalized spacial score (nSPS) is 9.21. The van der Waals surface area contributed by atoms with Crippen LogP contribution in [0.1, 0.15) is 18.1 Å². The summed E-state index contributed by atoms with van der Waals surface area (Å²) in [5.41, 5.74) is 1.09. The molecule has 0 aliphatic carbocycles. The van der Waals surface area contributed by atoms with Gasteiger partial charge in [-0.1, -0.05) is 17.7 Å². The van der Waals surface area contributed by atoms with Crippen LogP contribution >= 0.6 is 11.6 Å². The zero-order valence-electron chi connectivity index (χ0n) is 7.58. The fourth-order valence-electron chi connectivity index (χ4n) is 0.958. The Bertz CT molecular complexity index is 396. The van der Waals surface area contributed by atoms with Crippen LogP contribution < -0.4 is 0 Å². The summed E-state index contributed by atoms with van der Waals surface area (Å²) in [5, 5.41) is 9.25. The third kappa shape index (κ3) is 2.75. The minimum atomic E-state index is -0.371. The molecule has 0 spiro atoms. The summed E-state index contributed by atoms with van der Waals surface area (Å²) < 4.78 is 4.78. The van der Waals surface area contributed by atoms with Crippen molar-refractivity contribution in [2.45, 2.75) is 13.5 Å². The van der Waals surface area contributed by atoms with Crippen LogP contribution in [0, 0.1) is 11.3 Å². The molecule has 0 fully saturated rings. The molecule has 4 heteroatoms. The van der Waals surface area contributed by atoms with E-state index < -0.39 is 0 Å². The molecular formula is C10H8ClNO2. The van der Waals surface area contributed by atoms with Gasteiger partial charge in [-0.15, -0.1) is 0 Å². The summed E-state index contributed by atoms with van der Waals surface area (Å²) in [5.74, 6) is -0.371. The molecule has 0 bridgehead atoms. The molecule has 14 heavy (non-hydrogen) atoms. The van der Waals surface area contributed by atoms with Crippen molar-refractivity contribution in [3.05, 3.63) is 34.3 Å². The topological polar surface area (TPSA) is 50.1 Å². The van der Waals surface area contributed by atoms with E-state index in [1.807, 2.05) is 6.07 Å². The van der Waals surface area contributed by atoms with E-state index in [1.165, 1.54) is 6.92 Å². The van der Waals surface area contributed by atoms with Crippen LogP contribution in [0.25, 0.3) is 0 Å². The van der Waals surface area contributed by atoms with Gasteiger partial charge in [0.15, 0.2) is 0 Å². The molecule has 0 radical (unpaired) electrons. The number of halogens is 1. The lowest BCUT2D eigenvalue weighted by Crippen LogP contribution is -2.00. The van der Waals surface area contributed by atoms with E-state index >= 15 is 0 Å². The maximum atomic E-state index is 10.6. The predicted molar refractivity (Wildman–Crippen MR) is 51.6 cm³/mol. The first-order chi connectivity index (χ1) is 6.63.